The molecule has 0 N–H and O–H groups in total. The molecule has 0 aliphatic heterocycles. The third-order valence-electron chi connectivity index (χ3n) is 6.22. The molecule has 2 aromatic heterocycles. The molecule has 0 bridgehead atoms. The molecule has 0 aliphatic carbocycles. The third-order valence-corrected chi connectivity index (χ3v) is 6.22. The summed E-state index contributed by atoms with van der Waals surface area (Å²) in [6.45, 7) is 4.33. The van der Waals surface area contributed by atoms with Gasteiger partial charge in [0.2, 0.25) is 0 Å². The first-order chi connectivity index (χ1) is 14.1. The minimum atomic E-state index is 0.932. The van der Waals surface area contributed by atoms with E-state index in [1.807, 2.05) is 0 Å². The average molecular weight is 377 g/mol. The van der Waals surface area contributed by atoms with Gasteiger partial charge in [-0.2, -0.15) is 4.57 Å². The molecule has 0 unspecified atom stereocenters. The lowest BCUT2D eigenvalue weighted by molar-refractivity contribution is -0.652. The Balaban J connectivity index is 1.81. The molecule has 0 spiro atoms. The Morgan fingerprint density at radius 1 is 0.793 bits per heavy atom. The summed E-state index contributed by atoms with van der Waals surface area (Å²) >= 11 is 0. The Morgan fingerprint density at radius 2 is 1.59 bits per heavy atom. The zero-order chi connectivity index (χ0) is 19.7. The number of nitrogens with zero attached hydrogens (tertiary/aromatic N) is 2. The van der Waals surface area contributed by atoms with Crippen LogP contribution in [0.4, 0.5) is 0 Å². The van der Waals surface area contributed by atoms with E-state index in [2.05, 4.69) is 103 Å². The number of fused-ring (bicyclic) bond motifs is 6. The summed E-state index contributed by atoms with van der Waals surface area (Å²) in [7, 11) is 2.12. The van der Waals surface area contributed by atoms with Crippen LogP contribution in [0, 0.1) is 13.8 Å². The van der Waals surface area contributed by atoms with Crippen LogP contribution in [-0.4, -0.2) is 4.57 Å². The number of benzene rings is 4. The van der Waals surface area contributed by atoms with Crippen LogP contribution >= 0.6 is 0 Å². The van der Waals surface area contributed by atoms with Gasteiger partial charge in [0.1, 0.15) is 16.9 Å². The molecule has 6 aromatic rings. The van der Waals surface area contributed by atoms with Crippen LogP contribution < -0.4 is 4.57 Å². The fourth-order valence-corrected chi connectivity index (χ4v) is 4.64. The molecular weight excluding hydrogens is 356 g/mol. The smallest absolute Gasteiger partial charge is 0.259 e. The van der Waals surface area contributed by atoms with E-state index in [-0.39, 0.29) is 0 Å². The van der Waals surface area contributed by atoms with Gasteiger partial charge in [-0.3, -0.25) is 0 Å². The number of hydrogen-bond donors (Lipinski definition) is 0. The van der Waals surface area contributed by atoms with Gasteiger partial charge in [0.15, 0.2) is 11.0 Å². The van der Waals surface area contributed by atoms with Gasteiger partial charge in [0.25, 0.3) is 5.82 Å². The van der Waals surface area contributed by atoms with Gasteiger partial charge in [-0.15, -0.1) is 0 Å². The lowest BCUT2D eigenvalue weighted by Crippen LogP contribution is -2.30. The van der Waals surface area contributed by atoms with E-state index >= 15 is 0 Å². The Kier molecular flexibility index (Phi) is 3.22. The Labute approximate surface area is 168 Å². The maximum atomic E-state index is 6.28. The van der Waals surface area contributed by atoms with Gasteiger partial charge in [0, 0.05) is 29.8 Å². The van der Waals surface area contributed by atoms with Gasteiger partial charge in [0.05, 0.1) is 7.05 Å². The zero-order valence-corrected chi connectivity index (χ0v) is 16.7. The molecular formula is C26H21N2O+. The molecule has 0 saturated carbocycles. The van der Waals surface area contributed by atoms with Crippen molar-refractivity contribution < 1.29 is 8.98 Å². The maximum Gasteiger partial charge on any atom is 0.259 e. The third kappa shape index (κ3) is 2.16. The second kappa shape index (κ2) is 5.71. The summed E-state index contributed by atoms with van der Waals surface area (Å²) in [5, 5.41) is 4.83. The van der Waals surface area contributed by atoms with E-state index in [0.29, 0.717) is 0 Å². The standard InChI is InChI=1S/C26H21N2O/c1-16-8-4-7-11-21(16)28-17(2)27(3)22-15-25-20(14-23(22)28)26-19-10-6-5-9-18(19)12-13-24(26)29-25/h4-15H,1-3H3/q+1. The Morgan fingerprint density at radius 3 is 2.45 bits per heavy atom. The maximum absolute atomic E-state index is 6.28. The monoisotopic (exact) mass is 377 g/mol. The number of aryl methyl sites for hydroxylation is 2. The van der Waals surface area contributed by atoms with E-state index in [4.69, 9.17) is 4.42 Å². The van der Waals surface area contributed by atoms with Crippen LogP contribution in [0.15, 0.2) is 77.2 Å². The van der Waals surface area contributed by atoms with Crippen LogP contribution in [0.25, 0.3) is 49.4 Å². The van der Waals surface area contributed by atoms with Crippen molar-refractivity contribution in [2.75, 3.05) is 0 Å². The molecule has 29 heavy (non-hydrogen) atoms. The predicted octanol–water partition coefficient (Wildman–Crippen LogP) is 6.12. The summed E-state index contributed by atoms with van der Waals surface area (Å²) in [5.74, 6) is 1.19. The molecule has 0 aliphatic rings. The first-order valence-corrected chi connectivity index (χ1v) is 9.94. The highest BCUT2D eigenvalue weighted by Crippen LogP contribution is 2.37. The average Bonchev–Trinajstić information content (AvgIpc) is 3.22. The summed E-state index contributed by atoms with van der Waals surface area (Å²) in [4.78, 5) is 0. The second-order valence-corrected chi connectivity index (χ2v) is 7.83. The quantitative estimate of drug-likeness (QED) is 0.316. The molecule has 3 nitrogen and oxygen atoms in total. The van der Waals surface area contributed by atoms with E-state index in [9.17, 15) is 0 Å². The lowest BCUT2D eigenvalue weighted by atomic mass is 10.0. The summed E-state index contributed by atoms with van der Waals surface area (Å²) in [5.41, 5.74) is 6.71. The molecule has 2 heterocycles. The second-order valence-electron chi connectivity index (χ2n) is 7.83. The minimum absolute atomic E-state index is 0.932. The highest BCUT2D eigenvalue weighted by atomic mass is 16.3. The molecule has 0 atom stereocenters. The van der Waals surface area contributed by atoms with Crippen molar-refractivity contribution in [3.8, 4) is 5.69 Å². The number of imidazole rings is 1. The molecule has 3 heteroatoms. The van der Waals surface area contributed by atoms with Crippen molar-refractivity contribution in [3.63, 3.8) is 0 Å². The van der Waals surface area contributed by atoms with Crippen LogP contribution in [0.3, 0.4) is 0 Å². The van der Waals surface area contributed by atoms with Crippen molar-refractivity contribution in [2.24, 2.45) is 7.05 Å². The first-order valence-electron chi connectivity index (χ1n) is 9.94. The van der Waals surface area contributed by atoms with Crippen molar-refractivity contribution >= 4 is 43.7 Å². The van der Waals surface area contributed by atoms with Gasteiger partial charge >= 0.3 is 0 Å². The van der Waals surface area contributed by atoms with Crippen molar-refractivity contribution in [1.29, 1.82) is 0 Å². The number of para-hydroxylation sites is 1. The van der Waals surface area contributed by atoms with Crippen LogP contribution in [0.2, 0.25) is 0 Å². The fraction of sp³-hybridized carbons (Fsp3) is 0.115. The molecule has 6 rings (SSSR count). The number of furan rings is 1. The van der Waals surface area contributed by atoms with Crippen molar-refractivity contribution in [3.05, 3.63) is 84.2 Å². The van der Waals surface area contributed by atoms with E-state index in [0.717, 1.165) is 16.6 Å². The number of rotatable bonds is 1. The lowest BCUT2D eigenvalue weighted by Gasteiger charge is -2.03. The Hall–Kier alpha value is -3.59. The number of hydrogen-bond acceptors (Lipinski definition) is 1. The fourth-order valence-electron chi connectivity index (χ4n) is 4.64. The van der Waals surface area contributed by atoms with Crippen LogP contribution in [-0.2, 0) is 7.05 Å². The van der Waals surface area contributed by atoms with E-state index < -0.39 is 0 Å². The van der Waals surface area contributed by atoms with Gasteiger partial charge in [-0.1, -0.05) is 48.5 Å². The van der Waals surface area contributed by atoms with Gasteiger partial charge in [-0.25, -0.2) is 4.57 Å². The van der Waals surface area contributed by atoms with E-state index in [1.54, 1.807) is 0 Å². The summed E-state index contributed by atoms with van der Waals surface area (Å²) < 4.78 is 10.9. The summed E-state index contributed by atoms with van der Waals surface area (Å²) in [6.07, 6.45) is 0. The topological polar surface area (TPSA) is 21.9 Å². The molecule has 0 fully saturated rings. The van der Waals surface area contributed by atoms with Crippen molar-refractivity contribution in [1.82, 2.24) is 4.57 Å². The summed E-state index contributed by atoms with van der Waals surface area (Å²) in [6, 6.07) is 25.8. The molecule has 0 radical (unpaired) electrons. The SMILES string of the molecule is Cc1ccccc1-n1c(C)[n+](C)c2cc3oc4ccc5ccccc5c4c3cc21. The highest BCUT2D eigenvalue weighted by molar-refractivity contribution is 6.20. The minimum Gasteiger partial charge on any atom is -0.456 e. The molecule has 0 saturated heterocycles. The number of aromatic nitrogens is 2. The first kappa shape index (κ1) is 16.4. The largest absolute Gasteiger partial charge is 0.456 e. The van der Waals surface area contributed by atoms with Crippen LogP contribution in [0.1, 0.15) is 11.4 Å². The molecule has 140 valence electrons. The predicted molar refractivity (Wildman–Crippen MR) is 119 cm³/mol. The molecule has 4 aromatic carbocycles. The zero-order valence-electron chi connectivity index (χ0n) is 16.7. The highest BCUT2D eigenvalue weighted by Gasteiger charge is 2.24. The van der Waals surface area contributed by atoms with E-state index in [1.165, 1.54) is 44.3 Å². The Bertz CT molecular complexity index is 1580. The van der Waals surface area contributed by atoms with Crippen molar-refractivity contribution in [2.45, 2.75) is 13.8 Å². The van der Waals surface area contributed by atoms with Gasteiger partial charge < -0.3 is 4.42 Å². The molecule has 0 amide bonds. The van der Waals surface area contributed by atoms with Crippen LogP contribution in [0.5, 0.6) is 0 Å². The normalized spacial score (nSPS) is 12.0. The van der Waals surface area contributed by atoms with Gasteiger partial charge in [-0.05, 0) is 35.4 Å².